The first-order valence-electron chi connectivity index (χ1n) is 22.0. The van der Waals surface area contributed by atoms with Gasteiger partial charge in [0, 0.05) is 36.5 Å². The molecule has 14 aromatic rings. The van der Waals surface area contributed by atoms with Gasteiger partial charge in [0.2, 0.25) is 0 Å². The van der Waals surface area contributed by atoms with Crippen LogP contribution in [0.4, 0.5) is 0 Å². The van der Waals surface area contributed by atoms with Crippen LogP contribution in [0.25, 0.3) is 140 Å². The van der Waals surface area contributed by atoms with Crippen molar-refractivity contribution in [1.82, 2.24) is 0 Å². The van der Waals surface area contributed by atoms with Gasteiger partial charge in [0.05, 0.1) is 0 Å². The molecule has 0 bridgehead atoms. The Hall–Kier alpha value is -8.04. The minimum atomic E-state index is 0.905. The van der Waals surface area contributed by atoms with Gasteiger partial charge in [-0.15, -0.1) is 11.3 Å². The summed E-state index contributed by atoms with van der Waals surface area (Å²) in [7, 11) is 0. The van der Waals surface area contributed by atoms with E-state index < -0.39 is 0 Å². The number of hydrogen-bond donors (Lipinski definition) is 0. The predicted octanol–water partition coefficient (Wildman–Crippen LogP) is 18.4. The summed E-state index contributed by atoms with van der Waals surface area (Å²) in [5.74, 6) is 0. The average Bonchev–Trinajstić information content (AvgIpc) is 3.92. The normalized spacial score (nSPS) is 12.1. The molecule has 0 unspecified atom stereocenters. The highest BCUT2D eigenvalue weighted by Crippen LogP contribution is 2.52. The molecule has 0 aliphatic rings. The third-order valence-electron chi connectivity index (χ3n) is 13.6. The van der Waals surface area contributed by atoms with Gasteiger partial charge in [0.25, 0.3) is 0 Å². The predicted molar refractivity (Wildman–Crippen MR) is 276 cm³/mol. The zero-order valence-corrected chi connectivity index (χ0v) is 35.4. The Balaban J connectivity index is 1.03. The molecule has 12 aromatic carbocycles. The summed E-state index contributed by atoms with van der Waals surface area (Å²) >= 11 is 1.91. The molecule has 0 aliphatic carbocycles. The molecular formula is C62H36OS. The fourth-order valence-corrected chi connectivity index (χ4v) is 12.2. The number of thiophene rings is 1. The fourth-order valence-electron chi connectivity index (χ4n) is 10.9. The zero-order valence-electron chi connectivity index (χ0n) is 34.6. The van der Waals surface area contributed by atoms with Crippen molar-refractivity contribution in [2.75, 3.05) is 0 Å². The van der Waals surface area contributed by atoms with Crippen molar-refractivity contribution in [3.63, 3.8) is 0 Å². The second-order valence-corrected chi connectivity index (χ2v) is 18.1. The first-order valence-corrected chi connectivity index (χ1v) is 22.8. The standard InChI is InChI=1S/C62H36OS/c1-2-16-37(17-3-1)57-41-20-6-12-26-47(41)60(48-27-13-7-21-42(48)57)50-29-14-30-51-61-49(28-15-31-56(61)64-62(50)51)59-45-24-10-8-22-43(45)58(44-23-9-11-25-46(44)59)40-32-33-54-52(35-40)53-34-38-18-4-5-19-39(38)36-55(53)63-54/h1-36H. The summed E-state index contributed by atoms with van der Waals surface area (Å²) in [6, 6.07) is 80.5. The Morgan fingerprint density at radius 2 is 0.750 bits per heavy atom. The molecule has 14 rings (SSSR count). The molecule has 2 aromatic heterocycles. The fraction of sp³-hybridized carbons (Fsp3) is 0. The van der Waals surface area contributed by atoms with Gasteiger partial charge in [0.1, 0.15) is 11.2 Å². The van der Waals surface area contributed by atoms with E-state index >= 15 is 0 Å². The van der Waals surface area contributed by atoms with E-state index in [-0.39, 0.29) is 0 Å². The van der Waals surface area contributed by atoms with E-state index in [2.05, 4.69) is 218 Å². The van der Waals surface area contributed by atoms with Gasteiger partial charge in [-0.3, -0.25) is 0 Å². The summed E-state index contributed by atoms with van der Waals surface area (Å²) in [5, 5.41) is 17.3. The van der Waals surface area contributed by atoms with Gasteiger partial charge >= 0.3 is 0 Å². The minimum Gasteiger partial charge on any atom is -0.456 e. The Morgan fingerprint density at radius 3 is 1.38 bits per heavy atom. The molecule has 0 radical (unpaired) electrons. The van der Waals surface area contributed by atoms with Crippen LogP contribution in [0.1, 0.15) is 0 Å². The third kappa shape index (κ3) is 5.12. The molecule has 0 saturated heterocycles. The van der Waals surface area contributed by atoms with Crippen LogP contribution in [0.15, 0.2) is 223 Å². The quantitative estimate of drug-likeness (QED) is 0.161. The molecule has 1 nitrogen and oxygen atoms in total. The number of fused-ring (bicyclic) bond motifs is 11. The number of hydrogen-bond acceptors (Lipinski definition) is 2. The van der Waals surface area contributed by atoms with Crippen molar-refractivity contribution in [2.24, 2.45) is 0 Å². The van der Waals surface area contributed by atoms with Crippen LogP contribution < -0.4 is 0 Å². The van der Waals surface area contributed by atoms with Gasteiger partial charge in [-0.1, -0.05) is 188 Å². The Morgan fingerprint density at radius 1 is 0.281 bits per heavy atom. The molecule has 0 spiro atoms. The molecule has 0 aliphatic heterocycles. The minimum absolute atomic E-state index is 0.905. The molecule has 2 heteroatoms. The van der Waals surface area contributed by atoms with Crippen molar-refractivity contribution >= 4 is 107 Å². The van der Waals surface area contributed by atoms with Gasteiger partial charge in [-0.05, 0) is 123 Å². The van der Waals surface area contributed by atoms with E-state index in [0.29, 0.717) is 0 Å². The van der Waals surface area contributed by atoms with Crippen molar-refractivity contribution in [3.8, 4) is 44.5 Å². The smallest absolute Gasteiger partial charge is 0.136 e. The van der Waals surface area contributed by atoms with Gasteiger partial charge < -0.3 is 4.42 Å². The van der Waals surface area contributed by atoms with Crippen LogP contribution in [0.5, 0.6) is 0 Å². The maximum Gasteiger partial charge on any atom is 0.136 e. The second kappa shape index (κ2) is 13.7. The van der Waals surface area contributed by atoms with E-state index in [1.165, 1.54) is 119 Å². The Bertz CT molecular complexity index is 4130. The van der Waals surface area contributed by atoms with E-state index in [9.17, 15) is 0 Å². The Kier molecular flexibility index (Phi) is 7.63. The summed E-state index contributed by atoms with van der Waals surface area (Å²) in [6.07, 6.45) is 0. The molecule has 64 heavy (non-hydrogen) atoms. The number of rotatable bonds is 4. The largest absolute Gasteiger partial charge is 0.456 e. The topological polar surface area (TPSA) is 13.1 Å². The lowest BCUT2D eigenvalue weighted by Gasteiger charge is -2.19. The van der Waals surface area contributed by atoms with E-state index in [0.717, 1.165) is 21.9 Å². The van der Waals surface area contributed by atoms with Gasteiger partial charge in [-0.25, -0.2) is 0 Å². The second-order valence-electron chi connectivity index (χ2n) is 17.0. The van der Waals surface area contributed by atoms with Crippen LogP contribution >= 0.6 is 11.3 Å². The van der Waals surface area contributed by atoms with E-state index in [1.54, 1.807) is 0 Å². The summed E-state index contributed by atoms with van der Waals surface area (Å²) in [4.78, 5) is 0. The zero-order chi connectivity index (χ0) is 41.9. The lowest BCUT2D eigenvalue weighted by molar-refractivity contribution is 0.669. The molecule has 296 valence electrons. The first-order chi connectivity index (χ1) is 31.8. The Labute approximate surface area is 372 Å². The van der Waals surface area contributed by atoms with Crippen LogP contribution in [-0.2, 0) is 0 Å². The molecular weight excluding hydrogens is 793 g/mol. The van der Waals surface area contributed by atoms with Gasteiger partial charge in [0.15, 0.2) is 0 Å². The van der Waals surface area contributed by atoms with Crippen molar-refractivity contribution in [1.29, 1.82) is 0 Å². The molecule has 2 heterocycles. The van der Waals surface area contributed by atoms with Crippen molar-refractivity contribution < 1.29 is 4.42 Å². The molecule has 0 N–H and O–H groups in total. The maximum atomic E-state index is 6.47. The summed E-state index contributed by atoms with van der Waals surface area (Å²) in [5.41, 5.74) is 11.9. The third-order valence-corrected chi connectivity index (χ3v) is 14.8. The molecule has 0 atom stereocenters. The maximum absolute atomic E-state index is 6.47. The number of benzene rings is 12. The highest BCUT2D eigenvalue weighted by molar-refractivity contribution is 7.26. The van der Waals surface area contributed by atoms with Crippen LogP contribution in [0.2, 0.25) is 0 Å². The van der Waals surface area contributed by atoms with E-state index in [1.807, 2.05) is 11.3 Å². The highest BCUT2D eigenvalue weighted by Gasteiger charge is 2.23. The van der Waals surface area contributed by atoms with Crippen molar-refractivity contribution in [2.45, 2.75) is 0 Å². The lowest BCUT2D eigenvalue weighted by Crippen LogP contribution is -1.91. The first kappa shape index (κ1) is 35.5. The molecule has 0 saturated carbocycles. The monoisotopic (exact) mass is 828 g/mol. The lowest BCUT2D eigenvalue weighted by atomic mass is 9.84. The van der Waals surface area contributed by atoms with Crippen LogP contribution in [0.3, 0.4) is 0 Å². The van der Waals surface area contributed by atoms with E-state index in [4.69, 9.17) is 4.42 Å². The SMILES string of the molecule is c1ccc(-c2c3ccccc3c(-c3cccc4c3sc3cccc(-c5c6ccccc6c(-c6ccc7oc8cc9ccccc9cc8c7c6)c6ccccc56)c34)c3ccccc23)cc1. The summed E-state index contributed by atoms with van der Waals surface area (Å²) < 4.78 is 9.07. The molecule has 0 amide bonds. The van der Waals surface area contributed by atoms with Crippen molar-refractivity contribution in [3.05, 3.63) is 218 Å². The number of furan rings is 1. The van der Waals surface area contributed by atoms with Gasteiger partial charge in [-0.2, -0.15) is 0 Å². The van der Waals surface area contributed by atoms with Crippen LogP contribution in [0, 0.1) is 0 Å². The highest BCUT2D eigenvalue weighted by atomic mass is 32.1. The summed E-state index contributed by atoms with van der Waals surface area (Å²) in [6.45, 7) is 0. The average molecular weight is 829 g/mol. The van der Waals surface area contributed by atoms with Crippen LogP contribution in [-0.4, -0.2) is 0 Å². The molecule has 0 fully saturated rings.